The van der Waals surface area contributed by atoms with Crippen molar-refractivity contribution in [2.45, 2.75) is 33.1 Å². The molecular weight excluding hydrogens is 444 g/mol. The summed E-state index contributed by atoms with van der Waals surface area (Å²) in [5.74, 6) is -0.639. The van der Waals surface area contributed by atoms with E-state index in [1.165, 1.54) is 0 Å². The monoisotopic (exact) mass is 462 g/mol. The molecule has 1 aliphatic rings. The number of benzene rings is 2. The Morgan fingerprint density at radius 1 is 1.25 bits per heavy atom. The van der Waals surface area contributed by atoms with Gasteiger partial charge in [-0.25, -0.2) is 9.79 Å². The SMILES string of the molecule is CCCCCOC(=O)c1ccc(N=C2C(=O)Nc3c2cc(Br)c(Cl)c3C)cc1. The molecule has 2 aromatic carbocycles. The maximum absolute atomic E-state index is 12.4. The number of carbonyl (C=O) groups excluding carboxylic acids is 2. The van der Waals surface area contributed by atoms with Crippen LogP contribution in [-0.2, 0) is 9.53 Å². The van der Waals surface area contributed by atoms with Crippen molar-refractivity contribution in [3.8, 4) is 0 Å². The number of hydrogen-bond acceptors (Lipinski definition) is 4. The van der Waals surface area contributed by atoms with E-state index in [1.54, 1.807) is 30.3 Å². The van der Waals surface area contributed by atoms with Crippen molar-refractivity contribution in [1.29, 1.82) is 0 Å². The van der Waals surface area contributed by atoms with E-state index >= 15 is 0 Å². The highest BCUT2D eigenvalue weighted by Gasteiger charge is 2.29. The molecular formula is C21H20BrClN2O3. The van der Waals surface area contributed by atoms with E-state index in [-0.39, 0.29) is 11.9 Å². The molecule has 0 radical (unpaired) electrons. The van der Waals surface area contributed by atoms with Gasteiger partial charge in [-0.3, -0.25) is 4.79 Å². The quantitative estimate of drug-likeness (QED) is 0.433. The van der Waals surface area contributed by atoms with Crippen molar-refractivity contribution in [3.05, 3.63) is 56.5 Å². The molecule has 0 bridgehead atoms. The van der Waals surface area contributed by atoms with Gasteiger partial charge in [-0.05, 0) is 65.2 Å². The normalized spacial score (nSPS) is 14.1. The summed E-state index contributed by atoms with van der Waals surface area (Å²) >= 11 is 9.65. The van der Waals surface area contributed by atoms with Gasteiger partial charge in [0.25, 0.3) is 5.91 Å². The molecule has 3 rings (SSSR count). The van der Waals surface area contributed by atoms with Crippen LogP contribution in [0.15, 0.2) is 39.8 Å². The van der Waals surface area contributed by atoms with Crippen molar-refractivity contribution < 1.29 is 14.3 Å². The van der Waals surface area contributed by atoms with Crippen LogP contribution in [0.4, 0.5) is 11.4 Å². The summed E-state index contributed by atoms with van der Waals surface area (Å²) in [5, 5.41) is 3.38. The number of rotatable bonds is 6. The maximum Gasteiger partial charge on any atom is 0.338 e. The van der Waals surface area contributed by atoms with Crippen LogP contribution >= 0.6 is 27.5 Å². The van der Waals surface area contributed by atoms with E-state index in [2.05, 4.69) is 33.2 Å². The minimum Gasteiger partial charge on any atom is -0.462 e. The van der Waals surface area contributed by atoms with Crippen LogP contribution in [0.1, 0.15) is 47.7 Å². The zero-order valence-electron chi connectivity index (χ0n) is 15.6. The fourth-order valence-corrected chi connectivity index (χ4v) is 3.58. The van der Waals surface area contributed by atoms with Gasteiger partial charge in [0.05, 0.1) is 28.6 Å². The Morgan fingerprint density at radius 3 is 2.64 bits per heavy atom. The second-order valence-electron chi connectivity index (χ2n) is 6.52. The van der Waals surface area contributed by atoms with Gasteiger partial charge in [-0.2, -0.15) is 0 Å². The van der Waals surface area contributed by atoms with E-state index < -0.39 is 0 Å². The van der Waals surface area contributed by atoms with Crippen molar-refractivity contribution in [2.75, 3.05) is 11.9 Å². The van der Waals surface area contributed by atoms with E-state index in [0.29, 0.717) is 44.3 Å². The molecule has 7 heteroatoms. The number of esters is 1. The zero-order valence-corrected chi connectivity index (χ0v) is 18.0. The molecule has 1 heterocycles. The number of hydrogen-bond donors (Lipinski definition) is 1. The van der Waals surface area contributed by atoms with Crippen LogP contribution in [0, 0.1) is 6.92 Å². The van der Waals surface area contributed by atoms with Gasteiger partial charge < -0.3 is 10.1 Å². The number of unbranched alkanes of at least 4 members (excludes halogenated alkanes) is 2. The van der Waals surface area contributed by atoms with Crippen LogP contribution in [0.25, 0.3) is 0 Å². The van der Waals surface area contributed by atoms with Gasteiger partial charge in [-0.1, -0.05) is 31.4 Å². The standard InChI is InChI=1S/C21H20BrClN2O3/c1-3-4-5-10-28-21(27)13-6-8-14(9-7-13)24-19-15-11-16(22)17(23)12(2)18(15)25-20(19)26/h6-9,11H,3-5,10H2,1-2H3,(H,24,25,26). The molecule has 2 aromatic rings. The van der Waals surface area contributed by atoms with Gasteiger partial charge >= 0.3 is 5.97 Å². The fraction of sp³-hybridized carbons (Fsp3) is 0.286. The number of carbonyl (C=O) groups is 2. The lowest BCUT2D eigenvalue weighted by Crippen LogP contribution is -2.14. The first-order valence-electron chi connectivity index (χ1n) is 9.08. The maximum atomic E-state index is 12.4. The Kier molecular flexibility index (Phi) is 6.52. The first-order chi connectivity index (χ1) is 13.4. The summed E-state index contributed by atoms with van der Waals surface area (Å²) in [6.07, 6.45) is 2.97. The largest absolute Gasteiger partial charge is 0.462 e. The molecule has 28 heavy (non-hydrogen) atoms. The number of nitrogens with one attached hydrogen (secondary N) is 1. The molecule has 0 aliphatic carbocycles. The lowest BCUT2D eigenvalue weighted by molar-refractivity contribution is -0.110. The van der Waals surface area contributed by atoms with E-state index in [9.17, 15) is 9.59 Å². The summed E-state index contributed by atoms with van der Waals surface area (Å²) in [6, 6.07) is 8.47. The van der Waals surface area contributed by atoms with E-state index in [0.717, 1.165) is 24.8 Å². The van der Waals surface area contributed by atoms with Crippen molar-refractivity contribution in [1.82, 2.24) is 0 Å². The van der Waals surface area contributed by atoms with Gasteiger partial charge in [0.15, 0.2) is 0 Å². The average Bonchev–Trinajstić information content (AvgIpc) is 2.99. The third kappa shape index (κ3) is 4.28. The Hall–Kier alpha value is -2.18. The molecule has 0 atom stereocenters. The Balaban J connectivity index is 1.80. The number of aliphatic imine (C=N–C) groups is 1. The van der Waals surface area contributed by atoms with Crippen molar-refractivity contribution >= 4 is 56.5 Å². The predicted molar refractivity (Wildman–Crippen MR) is 115 cm³/mol. The fourth-order valence-electron chi connectivity index (χ4n) is 2.91. The lowest BCUT2D eigenvalue weighted by atomic mass is 10.1. The summed E-state index contributed by atoms with van der Waals surface area (Å²) in [6.45, 7) is 4.36. The van der Waals surface area contributed by atoms with Gasteiger partial charge in [-0.15, -0.1) is 0 Å². The van der Waals surface area contributed by atoms with Gasteiger partial charge in [0, 0.05) is 10.0 Å². The molecule has 0 saturated carbocycles. The summed E-state index contributed by atoms with van der Waals surface area (Å²) < 4.78 is 5.95. The third-order valence-corrected chi connectivity index (χ3v) is 5.83. The van der Waals surface area contributed by atoms with E-state index in [4.69, 9.17) is 16.3 Å². The molecule has 5 nitrogen and oxygen atoms in total. The number of nitrogens with zero attached hydrogens (tertiary/aromatic N) is 1. The minimum atomic E-state index is -0.353. The average molecular weight is 464 g/mol. The molecule has 146 valence electrons. The molecule has 0 unspecified atom stereocenters. The molecule has 0 fully saturated rings. The second-order valence-corrected chi connectivity index (χ2v) is 7.76. The topological polar surface area (TPSA) is 67.8 Å². The highest BCUT2D eigenvalue weighted by molar-refractivity contribution is 9.10. The van der Waals surface area contributed by atoms with Crippen LogP contribution in [0.5, 0.6) is 0 Å². The molecule has 1 amide bonds. The van der Waals surface area contributed by atoms with Crippen LogP contribution in [-0.4, -0.2) is 24.2 Å². The number of anilines is 1. The third-order valence-electron chi connectivity index (χ3n) is 4.49. The van der Waals surface area contributed by atoms with Crippen molar-refractivity contribution in [2.24, 2.45) is 4.99 Å². The summed E-state index contributed by atoms with van der Waals surface area (Å²) in [4.78, 5) is 28.9. The second kappa shape index (κ2) is 8.88. The van der Waals surface area contributed by atoms with Crippen LogP contribution in [0.2, 0.25) is 5.02 Å². The number of fused-ring (bicyclic) bond motifs is 1. The van der Waals surface area contributed by atoms with E-state index in [1.807, 2.05) is 6.92 Å². The zero-order chi connectivity index (χ0) is 20.3. The molecule has 0 spiro atoms. The molecule has 1 N–H and O–H groups in total. The smallest absolute Gasteiger partial charge is 0.338 e. The Morgan fingerprint density at radius 2 is 1.96 bits per heavy atom. The summed E-state index contributed by atoms with van der Waals surface area (Å²) in [7, 11) is 0. The lowest BCUT2D eigenvalue weighted by Gasteiger charge is -2.07. The predicted octanol–water partition coefficient (Wildman–Crippen LogP) is 5.83. The highest BCUT2D eigenvalue weighted by Crippen LogP contribution is 2.38. The summed E-state index contributed by atoms with van der Waals surface area (Å²) in [5.41, 5.74) is 3.49. The van der Waals surface area contributed by atoms with Crippen molar-refractivity contribution in [3.63, 3.8) is 0 Å². The molecule has 1 aliphatic heterocycles. The first kappa shape index (κ1) is 20.6. The number of halogens is 2. The number of amides is 1. The Bertz CT molecular complexity index is 955. The highest BCUT2D eigenvalue weighted by atomic mass is 79.9. The van der Waals surface area contributed by atoms with Gasteiger partial charge in [0.1, 0.15) is 5.71 Å². The molecule has 0 aromatic heterocycles. The van der Waals surface area contributed by atoms with Crippen LogP contribution in [0.3, 0.4) is 0 Å². The first-order valence-corrected chi connectivity index (χ1v) is 10.3. The van der Waals surface area contributed by atoms with Gasteiger partial charge in [0.2, 0.25) is 0 Å². The molecule has 0 saturated heterocycles. The Labute approximate surface area is 177 Å². The minimum absolute atomic E-state index is 0.285. The number of ether oxygens (including phenoxy) is 1. The van der Waals surface area contributed by atoms with Crippen LogP contribution < -0.4 is 5.32 Å².